The molecule has 1 aliphatic heterocycles. The molecule has 1 amide bonds. The SMILES string of the molecule is COc1c(N2CCN(C)CC2)cc(C(=O)NC(C)c2cccc(C(F)(F)CO)c2)c2c1cnn2COCC[Si](C)(C)C. The fourth-order valence-corrected chi connectivity index (χ4v) is 5.78. The Balaban J connectivity index is 1.71. The van der Waals surface area contributed by atoms with Gasteiger partial charge in [-0.1, -0.05) is 37.8 Å². The Labute approximate surface area is 247 Å². The number of carbonyl (C=O) groups is 1. The number of rotatable bonds is 12. The van der Waals surface area contributed by atoms with Gasteiger partial charge in [0.05, 0.1) is 41.5 Å². The Morgan fingerprint density at radius 2 is 1.90 bits per heavy atom. The number of aromatic nitrogens is 2. The second kappa shape index (κ2) is 13.1. The number of anilines is 1. The average Bonchev–Trinajstić information content (AvgIpc) is 3.38. The van der Waals surface area contributed by atoms with Crippen molar-refractivity contribution in [3.8, 4) is 5.75 Å². The number of amides is 1. The van der Waals surface area contributed by atoms with Crippen LogP contribution in [-0.4, -0.2) is 87.3 Å². The van der Waals surface area contributed by atoms with Crippen LogP contribution in [0, 0.1) is 0 Å². The molecule has 2 heterocycles. The number of piperazine rings is 1. The van der Waals surface area contributed by atoms with E-state index in [0.717, 1.165) is 37.9 Å². The van der Waals surface area contributed by atoms with Gasteiger partial charge in [-0.2, -0.15) is 13.9 Å². The summed E-state index contributed by atoms with van der Waals surface area (Å²) < 4.78 is 41.9. The average molecular weight is 604 g/mol. The van der Waals surface area contributed by atoms with E-state index in [0.29, 0.717) is 34.4 Å². The van der Waals surface area contributed by atoms with Gasteiger partial charge in [-0.05, 0) is 37.7 Å². The molecule has 1 unspecified atom stereocenters. The number of likely N-dealkylation sites (N-methyl/N-ethyl adjacent to an activating group) is 1. The van der Waals surface area contributed by atoms with Crippen LogP contribution in [0.5, 0.6) is 5.75 Å². The Morgan fingerprint density at radius 1 is 1.19 bits per heavy atom. The van der Waals surface area contributed by atoms with Crippen molar-refractivity contribution in [1.82, 2.24) is 20.0 Å². The van der Waals surface area contributed by atoms with Crippen molar-refractivity contribution in [1.29, 1.82) is 0 Å². The third-order valence-electron chi connectivity index (χ3n) is 7.71. The summed E-state index contributed by atoms with van der Waals surface area (Å²) in [5.41, 5.74) is 1.99. The van der Waals surface area contributed by atoms with Crippen molar-refractivity contribution in [2.75, 3.05) is 58.5 Å². The Hall–Kier alpha value is -3.06. The largest absolute Gasteiger partial charge is 0.494 e. The van der Waals surface area contributed by atoms with Crippen LogP contribution in [0.1, 0.15) is 34.5 Å². The highest BCUT2D eigenvalue weighted by Crippen LogP contribution is 2.39. The Morgan fingerprint density at radius 3 is 2.55 bits per heavy atom. The number of alkyl halides is 2. The zero-order valence-electron chi connectivity index (χ0n) is 25.4. The second-order valence-electron chi connectivity index (χ2n) is 12.2. The standard InChI is InChI=1S/C30H43F2N5O4Si/c1-21(22-8-7-9-23(16-22)30(31,32)19-38)34-29(39)24-17-26(36-12-10-35(2)11-13-36)28(40-3)25-18-33-37(27(24)25)20-41-14-15-42(4,5)6/h7-9,16-18,21,38H,10-15,19-20H2,1-6H3,(H,34,39). The predicted octanol–water partition coefficient (Wildman–Crippen LogP) is 4.68. The van der Waals surface area contributed by atoms with Gasteiger partial charge in [0.25, 0.3) is 11.8 Å². The minimum absolute atomic E-state index is 0.180. The first-order chi connectivity index (χ1) is 19.8. The Bertz CT molecular complexity index is 1390. The molecule has 0 bridgehead atoms. The second-order valence-corrected chi connectivity index (χ2v) is 17.8. The number of methoxy groups -OCH3 is 1. The first kappa shape index (κ1) is 31.9. The zero-order valence-corrected chi connectivity index (χ0v) is 26.4. The molecule has 12 heteroatoms. The first-order valence-electron chi connectivity index (χ1n) is 14.3. The van der Waals surface area contributed by atoms with Gasteiger partial charge in [-0.25, -0.2) is 4.68 Å². The summed E-state index contributed by atoms with van der Waals surface area (Å²) in [5.74, 6) is -3.10. The molecule has 1 saturated heterocycles. The predicted molar refractivity (Wildman–Crippen MR) is 163 cm³/mol. The van der Waals surface area contributed by atoms with Gasteiger partial charge in [-0.3, -0.25) is 4.79 Å². The molecule has 1 aliphatic rings. The van der Waals surface area contributed by atoms with E-state index in [-0.39, 0.29) is 18.2 Å². The summed E-state index contributed by atoms with van der Waals surface area (Å²) in [7, 11) is 2.41. The summed E-state index contributed by atoms with van der Waals surface area (Å²) in [6.45, 7) is 11.4. The normalized spacial score (nSPS) is 15.7. The quantitative estimate of drug-likeness (QED) is 0.229. The van der Waals surface area contributed by atoms with E-state index in [1.165, 1.54) is 18.2 Å². The highest BCUT2D eigenvalue weighted by Gasteiger charge is 2.31. The summed E-state index contributed by atoms with van der Waals surface area (Å²) in [5, 5.41) is 17.4. The van der Waals surface area contributed by atoms with E-state index in [1.807, 2.05) is 6.07 Å². The molecule has 1 atom stereocenters. The maximum Gasteiger partial charge on any atom is 0.295 e. The highest BCUT2D eigenvalue weighted by molar-refractivity contribution is 6.76. The van der Waals surface area contributed by atoms with Crippen molar-refractivity contribution in [3.05, 3.63) is 53.2 Å². The molecule has 42 heavy (non-hydrogen) atoms. The van der Waals surface area contributed by atoms with E-state index in [4.69, 9.17) is 14.6 Å². The van der Waals surface area contributed by atoms with Gasteiger partial charge in [0, 0.05) is 46.4 Å². The molecule has 0 aliphatic carbocycles. The smallest absolute Gasteiger partial charge is 0.295 e. The van der Waals surface area contributed by atoms with Crippen LogP contribution < -0.4 is 15.0 Å². The van der Waals surface area contributed by atoms with Gasteiger partial charge in [0.15, 0.2) is 5.75 Å². The number of aliphatic hydroxyl groups is 1. The van der Waals surface area contributed by atoms with Crippen molar-refractivity contribution in [3.63, 3.8) is 0 Å². The summed E-state index contributed by atoms with van der Waals surface area (Å²) >= 11 is 0. The van der Waals surface area contributed by atoms with Crippen LogP contribution in [0.2, 0.25) is 25.7 Å². The minimum atomic E-state index is -3.37. The molecule has 2 N–H and O–H groups in total. The lowest BCUT2D eigenvalue weighted by molar-refractivity contribution is -0.0556. The minimum Gasteiger partial charge on any atom is -0.494 e. The topological polar surface area (TPSA) is 92.1 Å². The van der Waals surface area contributed by atoms with Crippen LogP contribution in [0.15, 0.2) is 36.5 Å². The molecular formula is C30H43F2N5O4Si. The molecule has 9 nitrogen and oxygen atoms in total. The number of hydrogen-bond acceptors (Lipinski definition) is 7. The molecule has 0 spiro atoms. The van der Waals surface area contributed by atoms with E-state index >= 15 is 0 Å². The number of fused-ring (bicyclic) bond motifs is 1. The van der Waals surface area contributed by atoms with Gasteiger partial charge >= 0.3 is 0 Å². The van der Waals surface area contributed by atoms with Crippen LogP contribution in [0.25, 0.3) is 10.9 Å². The van der Waals surface area contributed by atoms with Crippen molar-refractivity contribution >= 4 is 30.6 Å². The molecule has 0 radical (unpaired) electrons. The van der Waals surface area contributed by atoms with Gasteiger partial charge < -0.3 is 29.7 Å². The number of aliphatic hydroxyl groups excluding tert-OH is 1. The van der Waals surface area contributed by atoms with E-state index in [1.54, 1.807) is 31.0 Å². The molecule has 0 saturated carbocycles. The lowest BCUT2D eigenvalue weighted by Gasteiger charge is -2.35. The third-order valence-corrected chi connectivity index (χ3v) is 9.41. The number of hydrogen-bond donors (Lipinski definition) is 2. The molecule has 4 rings (SSSR count). The number of ether oxygens (including phenoxy) is 2. The van der Waals surface area contributed by atoms with Crippen LogP contribution >= 0.6 is 0 Å². The third kappa shape index (κ3) is 7.28. The van der Waals surface area contributed by atoms with Crippen molar-refractivity contribution in [2.24, 2.45) is 0 Å². The molecule has 1 aromatic heterocycles. The van der Waals surface area contributed by atoms with Gasteiger partial charge in [0.2, 0.25) is 0 Å². The maximum atomic E-state index is 14.2. The van der Waals surface area contributed by atoms with E-state index in [9.17, 15) is 13.6 Å². The fraction of sp³-hybridized carbons (Fsp3) is 0.533. The van der Waals surface area contributed by atoms with Crippen molar-refractivity contribution < 1.29 is 28.2 Å². The lowest BCUT2D eigenvalue weighted by Crippen LogP contribution is -2.44. The van der Waals surface area contributed by atoms with Crippen molar-refractivity contribution in [2.45, 2.75) is 51.3 Å². The molecule has 3 aromatic rings. The van der Waals surface area contributed by atoms with E-state index in [2.05, 4.69) is 46.9 Å². The first-order valence-corrected chi connectivity index (χ1v) is 18.0. The molecular weight excluding hydrogens is 560 g/mol. The summed E-state index contributed by atoms with van der Waals surface area (Å²) in [6.07, 6.45) is 1.70. The molecule has 1 fully saturated rings. The number of halogens is 2. The Kier molecular flexibility index (Phi) is 9.91. The zero-order chi connectivity index (χ0) is 30.7. The number of benzene rings is 2. The number of carbonyl (C=O) groups excluding carboxylic acids is 1. The van der Waals surface area contributed by atoms with Crippen LogP contribution in [0.3, 0.4) is 0 Å². The van der Waals surface area contributed by atoms with Crippen LogP contribution in [0.4, 0.5) is 14.5 Å². The fourth-order valence-electron chi connectivity index (χ4n) is 5.03. The number of nitrogens with zero attached hydrogens (tertiary/aromatic N) is 4. The van der Waals surface area contributed by atoms with Crippen LogP contribution in [-0.2, 0) is 17.4 Å². The summed E-state index contributed by atoms with van der Waals surface area (Å²) in [4.78, 5) is 18.4. The molecule has 2 aromatic carbocycles. The maximum absolute atomic E-state index is 14.2. The summed E-state index contributed by atoms with van der Waals surface area (Å²) in [6, 6.07) is 8.02. The van der Waals surface area contributed by atoms with E-state index < -0.39 is 26.6 Å². The molecule has 230 valence electrons. The highest BCUT2D eigenvalue weighted by atomic mass is 28.3. The lowest BCUT2D eigenvalue weighted by atomic mass is 10.0. The van der Waals surface area contributed by atoms with Gasteiger partial charge in [-0.15, -0.1) is 0 Å². The monoisotopic (exact) mass is 603 g/mol. The van der Waals surface area contributed by atoms with Gasteiger partial charge in [0.1, 0.15) is 13.3 Å². The number of nitrogens with one attached hydrogen (secondary N) is 1.